The number of hydrogen-bond donors (Lipinski definition) is 0. The number of thiocarbonyl (C=S) groups is 1. The number of rotatable bonds is 4. The van der Waals surface area contributed by atoms with Gasteiger partial charge in [-0.05, 0) is 0 Å². The summed E-state index contributed by atoms with van der Waals surface area (Å²) >= 11 is 11.5. The van der Waals surface area contributed by atoms with Gasteiger partial charge in [-0.1, -0.05) is 0 Å². The average Bonchev–Trinajstić information content (AvgIpc) is 2.48. The molecule has 0 radical (unpaired) electrons. The van der Waals surface area contributed by atoms with Crippen molar-refractivity contribution in [2.45, 2.75) is 19.1 Å². The van der Waals surface area contributed by atoms with E-state index in [4.69, 9.17) is 12.2 Å². The molecular formula is C16H17BrGeS3. The molecular weight excluding hydrogens is 441 g/mol. The van der Waals surface area contributed by atoms with Crippen molar-refractivity contribution in [1.29, 1.82) is 0 Å². The molecule has 0 aliphatic rings. The number of halogens is 1. The summed E-state index contributed by atoms with van der Waals surface area (Å²) < 4.78 is 3.82. The molecule has 2 rings (SSSR count). The van der Waals surface area contributed by atoms with Gasteiger partial charge in [0, 0.05) is 0 Å². The van der Waals surface area contributed by atoms with Crippen LogP contribution in [0.4, 0.5) is 0 Å². The van der Waals surface area contributed by atoms with Gasteiger partial charge in [-0.3, -0.25) is 0 Å². The van der Waals surface area contributed by atoms with Gasteiger partial charge >= 0.3 is 150 Å². The Kier molecular flexibility index (Phi) is 6.88. The summed E-state index contributed by atoms with van der Waals surface area (Å²) in [6, 6.07) is 21.4. The molecule has 21 heavy (non-hydrogen) atoms. The first kappa shape index (κ1) is 17.6. The molecule has 0 atom stereocenters. The number of thioether (sulfide) groups is 1. The molecule has 0 saturated carbocycles. The van der Waals surface area contributed by atoms with Gasteiger partial charge in [0.2, 0.25) is 0 Å². The Labute approximate surface area is 149 Å². The minimum absolute atomic E-state index is 0.524. The Morgan fingerprint density at radius 3 is 1.76 bits per heavy atom. The van der Waals surface area contributed by atoms with Crippen molar-refractivity contribution in [3.63, 3.8) is 0 Å². The maximum atomic E-state index is 5.62. The second-order valence-electron chi connectivity index (χ2n) is 4.85. The zero-order valence-electron chi connectivity index (χ0n) is 12.0. The van der Waals surface area contributed by atoms with Gasteiger partial charge in [0.25, 0.3) is 0 Å². The van der Waals surface area contributed by atoms with E-state index in [0.717, 1.165) is 3.53 Å². The van der Waals surface area contributed by atoms with Gasteiger partial charge < -0.3 is 0 Å². The normalized spacial score (nSPS) is 11.6. The van der Waals surface area contributed by atoms with Crippen LogP contribution in [-0.4, -0.2) is 19.1 Å². The molecule has 0 nitrogen and oxygen atoms in total. The quantitative estimate of drug-likeness (QED) is 0.478. The standard InChI is InChI=1S/C16H17BrGeS3/c1-13(2)20-16(19)21-18(17,14-9-5-3-6-10-14)15-11-7-4-8-12-15/h3-13H,1-2H3. The van der Waals surface area contributed by atoms with E-state index >= 15 is 0 Å². The summed E-state index contributed by atoms with van der Waals surface area (Å²) in [5.41, 5.74) is 0. The van der Waals surface area contributed by atoms with Crippen LogP contribution >= 0.6 is 48.1 Å². The van der Waals surface area contributed by atoms with Crippen LogP contribution in [0, 0.1) is 0 Å². The van der Waals surface area contributed by atoms with Crippen molar-refractivity contribution in [3.05, 3.63) is 60.7 Å². The molecule has 0 heterocycles. The molecule has 0 spiro atoms. The predicted molar refractivity (Wildman–Crippen MR) is 110 cm³/mol. The Morgan fingerprint density at radius 2 is 1.38 bits per heavy atom. The fourth-order valence-electron chi connectivity index (χ4n) is 1.92. The maximum absolute atomic E-state index is 5.62. The molecule has 5 heteroatoms. The molecule has 110 valence electrons. The van der Waals surface area contributed by atoms with Crippen LogP contribution < -0.4 is 8.79 Å². The molecule has 0 amide bonds. The van der Waals surface area contributed by atoms with Gasteiger partial charge in [-0.25, -0.2) is 0 Å². The van der Waals surface area contributed by atoms with E-state index in [1.54, 1.807) is 11.8 Å². The van der Waals surface area contributed by atoms with Crippen molar-refractivity contribution in [1.82, 2.24) is 0 Å². The topological polar surface area (TPSA) is 0 Å². The van der Waals surface area contributed by atoms with Crippen LogP contribution in [0.25, 0.3) is 0 Å². The number of hydrogen-bond acceptors (Lipinski definition) is 3. The molecule has 0 aliphatic heterocycles. The van der Waals surface area contributed by atoms with Gasteiger partial charge in [-0.2, -0.15) is 0 Å². The molecule has 2 aromatic rings. The third kappa shape index (κ3) is 4.86. The van der Waals surface area contributed by atoms with Crippen LogP contribution in [0.3, 0.4) is 0 Å². The summed E-state index contributed by atoms with van der Waals surface area (Å²) in [4.78, 5) is 0. The van der Waals surface area contributed by atoms with E-state index in [0.29, 0.717) is 5.25 Å². The Bertz CT molecular complexity index is 547. The Morgan fingerprint density at radius 1 is 0.952 bits per heavy atom. The van der Waals surface area contributed by atoms with E-state index in [9.17, 15) is 0 Å². The Hall–Kier alpha value is 0.253. The molecule has 0 bridgehead atoms. The van der Waals surface area contributed by atoms with E-state index in [-0.39, 0.29) is 0 Å². The number of benzene rings is 2. The zero-order chi connectivity index (χ0) is 15.3. The van der Waals surface area contributed by atoms with Gasteiger partial charge in [-0.15, -0.1) is 0 Å². The molecule has 0 saturated heterocycles. The first-order valence-electron chi connectivity index (χ1n) is 6.72. The molecule has 0 aliphatic carbocycles. The first-order valence-corrected chi connectivity index (χ1v) is 18.4. The third-order valence-electron chi connectivity index (χ3n) is 2.85. The fraction of sp³-hybridized carbons (Fsp3) is 0.188. The van der Waals surface area contributed by atoms with Crippen molar-refractivity contribution in [3.8, 4) is 0 Å². The second-order valence-corrected chi connectivity index (χ2v) is 26.5. The van der Waals surface area contributed by atoms with Crippen molar-refractivity contribution in [2.24, 2.45) is 0 Å². The summed E-state index contributed by atoms with van der Waals surface area (Å²) in [7, 11) is -0.788. The SMILES string of the molecule is CC(C)SC(=S)[S][Ge]([Br])([c]1ccccc1)[c]1ccccc1. The Balaban J connectivity index is 2.38. The summed E-state index contributed by atoms with van der Waals surface area (Å²) in [6.45, 7) is 4.37. The van der Waals surface area contributed by atoms with Crippen molar-refractivity contribution >= 4 is 70.7 Å². The van der Waals surface area contributed by atoms with Gasteiger partial charge in [0.1, 0.15) is 0 Å². The van der Waals surface area contributed by atoms with Gasteiger partial charge in [0.05, 0.1) is 0 Å². The molecule has 0 fully saturated rings. The minimum atomic E-state index is -2.67. The van der Waals surface area contributed by atoms with Crippen LogP contribution in [0.15, 0.2) is 60.7 Å². The average molecular weight is 458 g/mol. The summed E-state index contributed by atoms with van der Waals surface area (Å²) in [6.07, 6.45) is 0. The van der Waals surface area contributed by atoms with Crippen LogP contribution in [0.2, 0.25) is 0 Å². The van der Waals surface area contributed by atoms with Gasteiger partial charge in [0.15, 0.2) is 0 Å². The summed E-state index contributed by atoms with van der Waals surface area (Å²) in [5.74, 6) is 0. The second kappa shape index (κ2) is 8.20. The molecule has 0 aromatic heterocycles. The zero-order valence-corrected chi connectivity index (χ0v) is 18.1. The van der Waals surface area contributed by atoms with Crippen LogP contribution in [0.5, 0.6) is 0 Å². The van der Waals surface area contributed by atoms with Crippen molar-refractivity contribution < 1.29 is 0 Å². The van der Waals surface area contributed by atoms with E-state index in [1.165, 1.54) is 8.79 Å². The van der Waals surface area contributed by atoms with Crippen LogP contribution in [-0.2, 0) is 0 Å². The van der Waals surface area contributed by atoms with E-state index in [1.807, 2.05) is 10.1 Å². The third-order valence-corrected chi connectivity index (χ3v) is 24.2. The molecule has 2 aromatic carbocycles. The van der Waals surface area contributed by atoms with Crippen molar-refractivity contribution in [2.75, 3.05) is 0 Å². The first-order chi connectivity index (χ1) is 10.0. The fourth-order valence-corrected chi connectivity index (χ4v) is 25.2. The predicted octanol–water partition coefficient (Wildman–Crippen LogP) is 4.80. The molecule has 0 N–H and O–H groups in total. The van der Waals surface area contributed by atoms with E-state index < -0.39 is 10.3 Å². The molecule has 0 unspecified atom stereocenters. The monoisotopic (exact) mass is 458 g/mol. The summed E-state index contributed by atoms with van der Waals surface area (Å²) in [5, 5.41) is 0.524. The van der Waals surface area contributed by atoms with Crippen LogP contribution in [0.1, 0.15) is 13.8 Å². The van der Waals surface area contributed by atoms with E-state index in [2.05, 4.69) is 88.5 Å².